The fourth-order valence-electron chi connectivity index (χ4n) is 15.7. The van der Waals surface area contributed by atoms with Crippen LogP contribution in [0.2, 0.25) is 0 Å². The molecule has 54 heavy (non-hydrogen) atoms. The minimum Gasteiger partial charge on any atom is -0.481 e. The topological polar surface area (TPSA) is 86.7 Å². The molecule has 0 aromatic heterocycles. The molecule has 2 N–H and O–H groups in total. The lowest BCUT2D eigenvalue weighted by Crippen LogP contribution is -2.69. The van der Waals surface area contributed by atoms with Crippen LogP contribution in [-0.2, 0) is 14.6 Å². The number of alkyl halides is 1. The number of nitrogens with one attached hydrogen (secondary N) is 1. The molecule has 6 nitrogen and oxygen atoms in total. The lowest BCUT2D eigenvalue weighted by atomic mass is 9.29. The second-order valence-electron chi connectivity index (χ2n) is 21.4. The van der Waals surface area contributed by atoms with Crippen molar-refractivity contribution in [3.8, 4) is 0 Å². The van der Waals surface area contributed by atoms with Gasteiger partial charge in [-0.2, -0.15) is 0 Å². The van der Waals surface area contributed by atoms with E-state index in [0.29, 0.717) is 54.6 Å². The second-order valence-corrected chi connectivity index (χ2v) is 23.7. The quantitative estimate of drug-likeness (QED) is 0.180. The zero-order valence-electron chi connectivity index (χ0n) is 34.9. The van der Waals surface area contributed by atoms with Gasteiger partial charge >= 0.3 is 5.97 Å². The van der Waals surface area contributed by atoms with Crippen molar-refractivity contribution in [1.82, 2.24) is 10.2 Å². The van der Waals surface area contributed by atoms with Gasteiger partial charge in [-0.05, 0) is 164 Å². The first kappa shape index (κ1) is 40.7. The number of nitrogens with zero attached hydrogens (tertiary/aromatic N) is 1. The molecule has 7 aliphatic rings. The Morgan fingerprint density at radius 3 is 2.31 bits per heavy atom. The Morgan fingerprint density at radius 1 is 0.926 bits per heavy atom. The summed E-state index contributed by atoms with van der Waals surface area (Å²) in [5.41, 5.74) is 3.88. The molecule has 1 saturated heterocycles. The largest absolute Gasteiger partial charge is 0.481 e. The third-order valence-corrected chi connectivity index (χ3v) is 20.7. The molecule has 1 aliphatic heterocycles. The minimum absolute atomic E-state index is 0.0216. The number of carboxylic acids is 1. The molecule has 5 fully saturated rings. The molecular weight excluding hydrogens is 696 g/mol. The van der Waals surface area contributed by atoms with Gasteiger partial charge in [-0.15, -0.1) is 0 Å². The van der Waals surface area contributed by atoms with E-state index in [1.807, 2.05) is 0 Å². The molecule has 6 aliphatic carbocycles. The molecule has 0 radical (unpaired) electrons. The molecule has 0 aromatic rings. The number of rotatable bonds is 9. The molecule has 4 saturated carbocycles. The Balaban J connectivity index is 1.13. The van der Waals surface area contributed by atoms with Crippen molar-refractivity contribution in [3.05, 3.63) is 35.5 Å². The maximum Gasteiger partial charge on any atom is 0.312 e. The molecule has 1 heterocycles. The van der Waals surface area contributed by atoms with E-state index >= 15 is 0 Å². The number of hydrogen-bond donors (Lipinski definition) is 2. The van der Waals surface area contributed by atoms with Gasteiger partial charge in [0.1, 0.15) is 6.67 Å². The number of allylic oxidation sites excluding steroid dienone is 5. The number of carbonyl (C=O) groups is 1. The van der Waals surface area contributed by atoms with Crippen molar-refractivity contribution >= 4 is 15.8 Å². The molecule has 1 unspecified atom stereocenters. The van der Waals surface area contributed by atoms with Crippen molar-refractivity contribution in [3.63, 3.8) is 0 Å². The van der Waals surface area contributed by atoms with Crippen LogP contribution in [0.3, 0.4) is 0 Å². The lowest BCUT2D eigenvalue weighted by Gasteiger charge is -2.76. The number of sulfone groups is 1. The van der Waals surface area contributed by atoms with Gasteiger partial charge < -0.3 is 15.3 Å². The number of hydrogen-bond acceptors (Lipinski definition) is 5. The monoisotopic (exact) mass is 769 g/mol. The van der Waals surface area contributed by atoms with E-state index in [0.717, 1.165) is 39.0 Å². The van der Waals surface area contributed by atoms with E-state index in [1.54, 1.807) is 0 Å². The van der Waals surface area contributed by atoms with E-state index in [-0.39, 0.29) is 38.9 Å². The fraction of sp³-hybridized carbons (Fsp3) is 0.848. The normalized spacial score (nSPS) is 45.8. The SMILES string of the molecule is C=C(C)[C@@H]1CCC2(CNCCN3CCCS(=O)(=O)CC3)CC[C@@]3(C)[C@]4(C)CC[C@H]5C(C)(C)C(C6=CC[C@](CF)(C(=O)O)CC6)=CC[C@]5(C)[C@H]4CC[C@]3(C)[C@@H]12. The van der Waals surface area contributed by atoms with Gasteiger partial charge in [0.2, 0.25) is 0 Å². The van der Waals surface area contributed by atoms with Crippen LogP contribution < -0.4 is 5.32 Å². The maximum absolute atomic E-state index is 14.0. The van der Waals surface area contributed by atoms with Gasteiger partial charge in [0.25, 0.3) is 0 Å². The Morgan fingerprint density at radius 2 is 1.65 bits per heavy atom. The zero-order chi connectivity index (χ0) is 39.2. The van der Waals surface area contributed by atoms with E-state index in [9.17, 15) is 22.7 Å². The predicted molar refractivity (Wildman–Crippen MR) is 218 cm³/mol. The van der Waals surface area contributed by atoms with Crippen molar-refractivity contribution in [2.45, 2.75) is 132 Å². The molecular formula is C46H73FN2O4S. The van der Waals surface area contributed by atoms with E-state index < -0.39 is 27.9 Å². The Bertz CT molecular complexity index is 1690. The van der Waals surface area contributed by atoms with Gasteiger partial charge in [0, 0.05) is 26.2 Å². The summed E-state index contributed by atoms with van der Waals surface area (Å²) in [4.78, 5) is 14.4. The highest BCUT2D eigenvalue weighted by atomic mass is 32.2. The van der Waals surface area contributed by atoms with Crippen LogP contribution in [0.25, 0.3) is 0 Å². The standard InChI is InChI=1S/C46H73FN2O4S/c1-32(2)34-12-21-46(31-48-24-26-49-25-9-28-54(52,53)29-27-49)23-22-44(8)42(6)17-14-36-40(3,4)35(33-10-19-45(30-47,20-11-33)39(50)51)13-16-41(36,5)37(42)15-18-43(44,7)38(34)46/h10,13,34,36-38,48H,1,9,11-12,14-31H2,2-8H3,(H,50,51)/t34-,36-,37+,38+,41-,42+,43+,44-,45-,46?/m0/s1. The molecule has 0 aromatic carbocycles. The smallest absolute Gasteiger partial charge is 0.312 e. The molecule has 10 atom stereocenters. The molecule has 0 amide bonds. The van der Waals surface area contributed by atoms with Crippen molar-refractivity contribution in [1.29, 1.82) is 0 Å². The molecule has 0 bridgehead atoms. The Kier molecular flexibility index (Phi) is 10.4. The summed E-state index contributed by atoms with van der Waals surface area (Å²) in [6, 6.07) is 0. The third-order valence-electron chi connectivity index (χ3n) is 19.0. The Hall–Kier alpha value is -1.51. The van der Waals surface area contributed by atoms with Gasteiger partial charge in [0.15, 0.2) is 9.84 Å². The predicted octanol–water partition coefficient (Wildman–Crippen LogP) is 9.43. The number of aliphatic carboxylic acids is 1. The summed E-state index contributed by atoms with van der Waals surface area (Å²) in [5, 5.41) is 13.8. The van der Waals surface area contributed by atoms with Crippen molar-refractivity contribution < 1.29 is 22.7 Å². The summed E-state index contributed by atoms with van der Waals surface area (Å²) < 4.78 is 38.4. The third kappa shape index (κ3) is 6.01. The Labute approximate surface area is 327 Å². The van der Waals surface area contributed by atoms with Gasteiger partial charge in [-0.3, -0.25) is 4.79 Å². The minimum atomic E-state index is -2.90. The number of halogens is 1. The highest BCUT2D eigenvalue weighted by Gasteiger charge is 2.74. The number of fused-ring (bicyclic) bond motifs is 7. The highest BCUT2D eigenvalue weighted by molar-refractivity contribution is 7.91. The second kappa shape index (κ2) is 13.8. The van der Waals surface area contributed by atoms with E-state index in [1.165, 1.54) is 68.1 Å². The summed E-state index contributed by atoms with van der Waals surface area (Å²) in [6.07, 6.45) is 17.8. The lowest BCUT2D eigenvalue weighted by molar-refractivity contribution is -0.264. The number of carboxylic acid groups (broad SMARTS) is 1. The molecule has 8 heteroatoms. The summed E-state index contributed by atoms with van der Waals surface area (Å²) in [7, 11) is -2.90. The molecule has 0 spiro atoms. The average Bonchev–Trinajstić information content (AvgIpc) is 3.42. The van der Waals surface area contributed by atoms with Gasteiger partial charge in [0.05, 0.1) is 16.9 Å². The van der Waals surface area contributed by atoms with Crippen LogP contribution in [0.5, 0.6) is 0 Å². The van der Waals surface area contributed by atoms with Crippen LogP contribution >= 0.6 is 0 Å². The van der Waals surface area contributed by atoms with Crippen LogP contribution in [-0.4, -0.2) is 75.3 Å². The first-order valence-corrected chi connectivity index (χ1v) is 23.5. The van der Waals surface area contributed by atoms with Gasteiger partial charge in [-0.1, -0.05) is 65.8 Å². The molecule has 7 rings (SSSR count). The van der Waals surface area contributed by atoms with Crippen molar-refractivity contribution in [2.24, 2.45) is 61.6 Å². The zero-order valence-corrected chi connectivity index (χ0v) is 35.7. The van der Waals surface area contributed by atoms with Crippen LogP contribution in [0, 0.1) is 61.6 Å². The summed E-state index contributed by atoms with van der Waals surface area (Å²) in [5.74, 6) is 1.97. The van der Waals surface area contributed by atoms with Crippen LogP contribution in [0.1, 0.15) is 132 Å². The van der Waals surface area contributed by atoms with Crippen LogP contribution in [0.15, 0.2) is 35.5 Å². The molecule has 304 valence electrons. The average molecular weight is 769 g/mol. The first-order chi connectivity index (χ1) is 25.2. The van der Waals surface area contributed by atoms with Gasteiger partial charge in [-0.25, -0.2) is 12.8 Å². The summed E-state index contributed by atoms with van der Waals surface area (Å²) in [6.45, 7) is 26.3. The fourth-order valence-corrected chi connectivity index (χ4v) is 17.0. The van der Waals surface area contributed by atoms with Crippen molar-refractivity contribution in [2.75, 3.05) is 50.9 Å². The van der Waals surface area contributed by atoms with Crippen LogP contribution in [0.4, 0.5) is 4.39 Å². The van der Waals surface area contributed by atoms with E-state index in [4.69, 9.17) is 0 Å². The first-order valence-electron chi connectivity index (χ1n) is 21.7. The summed E-state index contributed by atoms with van der Waals surface area (Å²) >= 11 is 0. The maximum atomic E-state index is 14.0. The highest BCUT2D eigenvalue weighted by Crippen LogP contribution is 2.81. The van der Waals surface area contributed by atoms with E-state index in [2.05, 4.69) is 77.4 Å².